The molecule has 6 heteroatoms. The minimum absolute atomic E-state index is 0.370. The van der Waals surface area contributed by atoms with Crippen molar-refractivity contribution in [2.45, 2.75) is 13.0 Å². The van der Waals surface area contributed by atoms with Crippen molar-refractivity contribution in [3.63, 3.8) is 0 Å². The minimum atomic E-state index is 0.370. The molecule has 1 saturated heterocycles. The lowest BCUT2D eigenvalue weighted by molar-refractivity contribution is 0.292. The van der Waals surface area contributed by atoms with Gasteiger partial charge >= 0.3 is 0 Å². The Kier molecular flexibility index (Phi) is 5.02. The molecular weight excluding hydrogens is 290 g/mol. The van der Waals surface area contributed by atoms with Gasteiger partial charge in [-0.3, -0.25) is 4.98 Å². The Bertz CT molecular complexity index is 689. The second-order valence-electron chi connectivity index (χ2n) is 5.41. The number of rotatable bonds is 4. The van der Waals surface area contributed by atoms with E-state index in [1.165, 1.54) is 0 Å². The molecule has 0 spiro atoms. The van der Waals surface area contributed by atoms with Gasteiger partial charge in [-0.2, -0.15) is 10.2 Å². The van der Waals surface area contributed by atoms with Crippen LogP contribution in [0.2, 0.25) is 0 Å². The van der Waals surface area contributed by atoms with E-state index in [1.54, 1.807) is 18.5 Å². The van der Waals surface area contributed by atoms with Gasteiger partial charge in [0.25, 0.3) is 0 Å². The molecule has 0 atom stereocenters. The Labute approximate surface area is 135 Å². The Hall–Kier alpha value is -2.65. The minimum Gasteiger partial charge on any atom is -0.472 e. The molecule has 23 heavy (non-hydrogen) atoms. The van der Waals surface area contributed by atoms with E-state index in [4.69, 9.17) is 10.00 Å². The third-order valence-electron chi connectivity index (χ3n) is 3.71. The summed E-state index contributed by atoms with van der Waals surface area (Å²) in [5.74, 6) is 1.35. The van der Waals surface area contributed by atoms with Crippen molar-refractivity contribution in [2.24, 2.45) is 0 Å². The summed E-state index contributed by atoms with van der Waals surface area (Å²) in [7, 11) is 0. The first-order valence-electron chi connectivity index (χ1n) is 7.75. The molecule has 1 aromatic heterocycles. The van der Waals surface area contributed by atoms with Crippen LogP contribution in [0.25, 0.3) is 0 Å². The molecule has 1 aliphatic heterocycles. The van der Waals surface area contributed by atoms with Gasteiger partial charge in [-0.1, -0.05) is 12.1 Å². The highest BCUT2D eigenvalue weighted by molar-refractivity contribution is 5.38. The van der Waals surface area contributed by atoms with Crippen LogP contribution in [0.1, 0.15) is 17.5 Å². The average Bonchev–Trinajstić information content (AvgIpc) is 2.90. The van der Waals surface area contributed by atoms with Crippen molar-refractivity contribution in [1.82, 2.24) is 15.3 Å². The molecule has 0 unspecified atom stereocenters. The smallest absolute Gasteiger partial charge is 0.234 e. The largest absolute Gasteiger partial charge is 0.472 e. The van der Waals surface area contributed by atoms with E-state index in [0.29, 0.717) is 18.1 Å². The van der Waals surface area contributed by atoms with Crippen LogP contribution in [0.3, 0.4) is 0 Å². The summed E-state index contributed by atoms with van der Waals surface area (Å²) in [6, 6.07) is 9.50. The topological polar surface area (TPSA) is 74.1 Å². The van der Waals surface area contributed by atoms with Crippen LogP contribution in [0.5, 0.6) is 5.88 Å². The molecular formula is C17H19N5O. The van der Waals surface area contributed by atoms with Gasteiger partial charge in [0.15, 0.2) is 5.82 Å². The Morgan fingerprint density at radius 3 is 3.13 bits per heavy atom. The number of nitrogens with one attached hydrogen (secondary N) is 1. The number of ether oxygens (including phenoxy) is 1. The molecule has 3 rings (SSSR count). The highest BCUT2D eigenvalue weighted by Crippen LogP contribution is 2.16. The third-order valence-corrected chi connectivity index (χ3v) is 3.71. The van der Waals surface area contributed by atoms with Crippen LogP contribution in [0.4, 0.5) is 5.82 Å². The number of hydrogen-bond donors (Lipinski definition) is 1. The molecule has 2 aromatic rings. The van der Waals surface area contributed by atoms with E-state index in [2.05, 4.69) is 26.3 Å². The second-order valence-corrected chi connectivity index (χ2v) is 5.41. The van der Waals surface area contributed by atoms with Gasteiger partial charge in [0.1, 0.15) is 6.61 Å². The molecule has 0 radical (unpaired) electrons. The van der Waals surface area contributed by atoms with Crippen LogP contribution in [0.15, 0.2) is 36.7 Å². The van der Waals surface area contributed by atoms with E-state index in [-0.39, 0.29) is 0 Å². The van der Waals surface area contributed by atoms with E-state index < -0.39 is 0 Å². The van der Waals surface area contributed by atoms with E-state index in [1.807, 2.05) is 18.2 Å². The first-order valence-corrected chi connectivity index (χ1v) is 7.75. The first-order chi connectivity index (χ1) is 11.3. The summed E-state index contributed by atoms with van der Waals surface area (Å²) in [5.41, 5.74) is 1.57. The fraction of sp³-hybridized carbons (Fsp3) is 0.353. The van der Waals surface area contributed by atoms with Gasteiger partial charge in [-0.15, -0.1) is 0 Å². The lowest BCUT2D eigenvalue weighted by atomic mass is 10.1. The van der Waals surface area contributed by atoms with Gasteiger partial charge in [0.05, 0.1) is 24.0 Å². The van der Waals surface area contributed by atoms with Crippen molar-refractivity contribution in [3.05, 3.63) is 47.8 Å². The number of nitrogens with zero attached hydrogens (tertiary/aromatic N) is 4. The van der Waals surface area contributed by atoms with E-state index in [9.17, 15) is 0 Å². The second kappa shape index (κ2) is 7.56. The summed E-state index contributed by atoms with van der Waals surface area (Å²) in [6.07, 6.45) is 4.48. The maximum absolute atomic E-state index is 8.93. The lowest BCUT2D eigenvalue weighted by Crippen LogP contribution is -2.28. The van der Waals surface area contributed by atoms with E-state index in [0.717, 1.165) is 44.0 Å². The van der Waals surface area contributed by atoms with Crippen LogP contribution in [0, 0.1) is 11.3 Å². The van der Waals surface area contributed by atoms with Gasteiger partial charge in [-0.05, 0) is 30.7 Å². The molecule has 6 nitrogen and oxygen atoms in total. The molecule has 0 aliphatic carbocycles. The summed E-state index contributed by atoms with van der Waals surface area (Å²) >= 11 is 0. The molecule has 1 aromatic carbocycles. The predicted octanol–water partition coefficient (Wildman–Crippen LogP) is 1.73. The number of benzene rings is 1. The zero-order chi connectivity index (χ0) is 15.9. The predicted molar refractivity (Wildman–Crippen MR) is 87.2 cm³/mol. The molecule has 118 valence electrons. The van der Waals surface area contributed by atoms with E-state index >= 15 is 0 Å². The van der Waals surface area contributed by atoms with Crippen LogP contribution in [-0.2, 0) is 6.61 Å². The molecule has 0 bridgehead atoms. The fourth-order valence-corrected chi connectivity index (χ4v) is 2.52. The SMILES string of the molecule is N#Cc1cccc(COc2cncc(N3CCCNCC3)n2)c1. The maximum atomic E-state index is 8.93. The average molecular weight is 309 g/mol. The number of anilines is 1. The summed E-state index contributed by atoms with van der Waals surface area (Å²) in [5, 5.41) is 12.3. The first kappa shape index (κ1) is 15.3. The lowest BCUT2D eigenvalue weighted by Gasteiger charge is -2.20. The number of aromatic nitrogens is 2. The molecule has 0 amide bonds. The van der Waals surface area contributed by atoms with Gasteiger partial charge in [-0.25, -0.2) is 0 Å². The normalized spacial score (nSPS) is 14.8. The van der Waals surface area contributed by atoms with Crippen LogP contribution >= 0.6 is 0 Å². The van der Waals surface area contributed by atoms with Crippen molar-refractivity contribution >= 4 is 5.82 Å². The quantitative estimate of drug-likeness (QED) is 0.927. The van der Waals surface area contributed by atoms with Crippen molar-refractivity contribution < 1.29 is 4.74 Å². The van der Waals surface area contributed by atoms with Gasteiger partial charge < -0.3 is 15.0 Å². The summed E-state index contributed by atoms with van der Waals surface area (Å²) in [4.78, 5) is 11.0. The fourth-order valence-electron chi connectivity index (χ4n) is 2.52. The third kappa shape index (κ3) is 4.18. The van der Waals surface area contributed by atoms with Crippen LogP contribution < -0.4 is 15.0 Å². The molecule has 1 N–H and O–H groups in total. The zero-order valence-corrected chi connectivity index (χ0v) is 12.9. The van der Waals surface area contributed by atoms with Crippen LogP contribution in [-0.4, -0.2) is 36.1 Å². The van der Waals surface area contributed by atoms with Crippen molar-refractivity contribution in [3.8, 4) is 11.9 Å². The zero-order valence-electron chi connectivity index (χ0n) is 12.9. The standard InChI is InChI=1S/C17H19N5O/c18-10-14-3-1-4-15(9-14)13-23-17-12-20-11-16(21-17)22-7-2-5-19-6-8-22/h1,3-4,9,11-12,19H,2,5-8,13H2. The van der Waals surface area contributed by atoms with Crippen molar-refractivity contribution in [1.29, 1.82) is 5.26 Å². The Morgan fingerprint density at radius 1 is 1.26 bits per heavy atom. The summed E-state index contributed by atoms with van der Waals surface area (Å²) < 4.78 is 5.73. The molecule has 0 saturated carbocycles. The molecule has 1 fully saturated rings. The van der Waals surface area contributed by atoms with Gasteiger partial charge in [0, 0.05) is 19.6 Å². The van der Waals surface area contributed by atoms with Gasteiger partial charge in [0.2, 0.25) is 5.88 Å². The molecule has 1 aliphatic rings. The molecule has 2 heterocycles. The summed E-state index contributed by atoms with van der Waals surface area (Å²) in [6.45, 7) is 4.25. The number of nitriles is 1. The maximum Gasteiger partial charge on any atom is 0.234 e. The highest BCUT2D eigenvalue weighted by atomic mass is 16.5. The monoisotopic (exact) mass is 309 g/mol. The Balaban J connectivity index is 1.66. The highest BCUT2D eigenvalue weighted by Gasteiger charge is 2.12. The Morgan fingerprint density at radius 2 is 2.22 bits per heavy atom. The number of hydrogen-bond acceptors (Lipinski definition) is 6. The van der Waals surface area contributed by atoms with Crippen molar-refractivity contribution in [2.75, 3.05) is 31.1 Å².